The quantitative estimate of drug-likeness (QED) is 0.390. The largest absolute Gasteiger partial charge is 0.464 e. The molecule has 168 valence electrons. The highest BCUT2D eigenvalue weighted by Crippen LogP contribution is 2.42. The average Bonchev–Trinajstić information content (AvgIpc) is 2.61. The molecule has 0 unspecified atom stereocenters. The van der Waals surface area contributed by atoms with Crippen molar-refractivity contribution in [3.8, 4) is 6.07 Å². The summed E-state index contributed by atoms with van der Waals surface area (Å²) in [5.41, 5.74) is -3.25. The predicted octanol–water partition coefficient (Wildman–Crippen LogP) is 4.03. The number of halogens is 6. The summed E-state index contributed by atoms with van der Waals surface area (Å²) in [4.78, 5) is 11.3. The van der Waals surface area contributed by atoms with Gasteiger partial charge < -0.3 is 14.9 Å². The molecule has 0 heterocycles. The van der Waals surface area contributed by atoms with Gasteiger partial charge in [0.1, 0.15) is 0 Å². The van der Waals surface area contributed by atoms with Crippen LogP contribution in [0, 0.1) is 23.2 Å². The second-order valence-electron chi connectivity index (χ2n) is 7.53. The fraction of sp³-hybridized carbons (Fsp3) is 0.889. The summed E-state index contributed by atoms with van der Waals surface area (Å²) < 4.78 is 78.1. The van der Waals surface area contributed by atoms with Crippen molar-refractivity contribution in [1.82, 2.24) is 0 Å². The zero-order chi connectivity index (χ0) is 22.5. The third-order valence-corrected chi connectivity index (χ3v) is 5.41. The number of alkyl halides is 6. The summed E-state index contributed by atoms with van der Waals surface area (Å²) in [5.74, 6) is -3.57. The number of nitrogens with zero attached hydrogens (tertiary/aromatic N) is 1. The maximum atomic E-state index is 12.3. The van der Waals surface area contributed by atoms with Gasteiger partial charge in [-0.3, -0.25) is 0 Å². The zero-order valence-corrected chi connectivity index (χ0v) is 15.9. The lowest BCUT2D eigenvalue weighted by molar-refractivity contribution is -0.200. The molecule has 0 aromatic carbocycles. The average molecular weight is 433 g/mol. The van der Waals surface area contributed by atoms with Gasteiger partial charge in [0, 0.05) is 0 Å². The van der Waals surface area contributed by atoms with Crippen LogP contribution in [0.15, 0.2) is 0 Å². The molecule has 2 N–H and O–H groups in total. The number of esters is 1. The van der Waals surface area contributed by atoms with Crippen LogP contribution in [0.25, 0.3) is 0 Å². The minimum Gasteiger partial charge on any atom is -0.464 e. The van der Waals surface area contributed by atoms with Gasteiger partial charge in [-0.25, -0.2) is 4.79 Å². The van der Waals surface area contributed by atoms with E-state index in [4.69, 9.17) is 5.26 Å². The van der Waals surface area contributed by atoms with E-state index >= 15 is 0 Å². The van der Waals surface area contributed by atoms with Crippen molar-refractivity contribution < 1.29 is 46.1 Å². The SMILES string of the molecule is CCOC(=O)C1(O)CCC(C(F)(F)F)CC1.N#CC1(O)CCC(C(F)(F)F)CC1. The Labute approximate surface area is 164 Å². The standard InChI is InChI=1S/C10H15F3O3.C8H10F3NO/c1-2-16-8(14)9(15)5-3-7(4-6-9)10(11,12)13;9-8(10,11)6-1-3-7(13,5-12)4-2-6/h7,15H,2-6H2,1H3;6,13H,1-4H2. The molecule has 0 aromatic heterocycles. The van der Waals surface area contributed by atoms with E-state index in [-0.39, 0.29) is 58.0 Å². The highest BCUT2D eigenvalue weighted by atomic mass is 19.4. The number of hydrogen-bond donors (Lipinski definition) is 2. The van der Waals surface area contributed by atoms with Crippen LogP contribution >= 0.6 is 0 Å². The Hall–Kier alpha value is -1.54. The molecule has 2 fully saturated rings. The molecule has 2 aliphatic carbocycles. The fourth-order valence-electron chi connectivity index (χ4n) is 3.43. The number of carbonyl (C=O) groups is 1. The Kier molecular flexibility index (Phi) is 8.36. The van der Waals surface area contributed by atoms with Gasteiger partial charge in [-0.2, -0.15) is 31.6 Å². The van der Waals surface area contributed by atoms with Gasteiger partial charge >= 0.3 is 18.3 Å². The summed E-state index contributed by atoms with van der Waals surface area (Å²) in [5, 5.41) is 27.6. The summed E-state index contributed by atoms with van der Waals surface area (Å²) in [6.45, 7) is 1.70. The van der Waals surface area contributed by atoms with Gasteiger partial charge in [0.2, 0.25) is 0 Å². The van der Waals surface area contributed by atoms with Crippen LogP contribution in [-0.2, 0) is 9.53 Å². The highest BCUT2D eigenvalue weighted by Gasteiger charge is 2.48. The number of rotatable bonds is 2. The van der Waals surface area contributed by atoms with Gasteiger partial charge in [0.15, 0.2) is 11.2 Å². The van der Waals surface area contributed by atoms with E-state index in [1.165, 1.54) is 0 Å². The maximum Gasteiger partial charge on any atom is 0.391 e. The monoisotopic (exact) mass is 433 g/mol. The number of nitriles is 1. The van der Waals surface area contributed by atoms with Crippen LogP contribution in [0.2, 0.25) is 0 Å². The second kappa shape index (κ2) is 9.51. The Morgan fingerprint density at radius 3 is 1.66 bits per heavy atom. The fourth-order valence-corrected chi connectivity index (χ4v) is 3.43. The minimum atomic E-state index is -4.24. The maximum absolute atomic E-state index is 12.3. The van der Waals surface area contributed by atoms with Crippen molar-refractivity contribution in [2.75, 3.05) is 6.61 Å². The lowest BCUT2D eigenvalue weighted by Gasteiger charge is -2.34. The Morgan fingerprint density at radius 2 is 1.34 bits per heavy atom. The van der Waals surface area contributed by atoms with E-state index in [1.54, 1.807) is 13.0 Å². The first kappa shape index (κ1) is 25.5. The first-order valence-corrected chi connectivity index (χ1v) is 9.33. The summed E-state index contributed by atoms with van der Waals surface area (Å²) in [7, 11) is 0. The first-order chi connectivity index (χ1) is 13.2. The Balaban J connectivity index is 0.000000296. The van der Waals surface area contributed by atoms with Crippen LogP contribution in [0.1, 0.15) is 58.3 Å². The highest BCUT2D eigenvalue weighted by molar-refractivity contribution is 5.79. The van der Waals surface area contributed by atoms with Crippen LogP contribution in [0.4, 0.5) is 26.3 Å². The Morgan fingerprint density at radius 1 is 0.966 bits per heavy atom. The Bertz CT molecular complexity index is 583. The van der Waals surface area contributed by atoms with Gasteiger partial charge in [0.25, 0.3) is 0 Å². The zero-order valence-electron chi connectivity index (χ0n) is 15.9. The molecule has 2 saturated carbocycles. The first-order valence-electron chi connectivity index (χ1n) is 9.33. The molecule has 0 amide bonds. The molecule has 2 rings (SSSR count). The van der Waals surface area contributed by atoms with Gasteiger partial charge in [-0.05, 0) is 58.3 Å². The van der Waals surface area contributed by atoms with Crippen LogP contribution < -0.4 is 0 Å². The van der Waals surface area contributed by atoms with Gasteiger partial charge in [-0.1, -0.05) is 0 Å². The van der Waals surface area contributed by atoms with E-state index in [0.29, 0.717) is 0 Å². The molecule has 0 spiro atoms. The molecule has 11 heteroatoms. The van der Waals surface area contributed by atoms with Crippen LogP contribution in [0.5, 0.6) is 0 Å². The molecule has 0 aromatic rings. The van der Waals surface area contributed by atoms with E-state index < -0.39 is 41.4 Å². The van der Waals surface area contributed by atoms with E-state index in [0.717, 1.165) is 0 Å². The van der Waals surface area contributed by atoms with E-state index in [2.05, 4.69) is 4.74 Å². The summed E-state index contributed by atoms with van der Waals surface area (Å²) >= 11 is 0. The number of hydrogen-bond acceptors (Lipinski definition) is 5. The molecule has 0 atom stereocenters. The van der Waals surface area contributed by atoms with Gasteiger partial charge in [-0.15, -0.1) is 0 Å². The minimum absolute atomic E-state index is 0.0757. The lowest BCUT2D eigenvalue weighted by Crippen LogP contribution is -2.45. The van der Waals surface area contributed by atoms with Crippen molar-refractivity contribution in [2.24, 2.45) is 11.8 Å². The predicted molar refractivity (Wildman–Crippen MR) is 88.2 cm³/mol. The smallest absolute Gasteiger partial charge is 0.391 e. The lowest BCUT2D eigenvalue weighted by atomic mass is 9.78. The van der Waals surface area contributed by atoms with Crippen molar-refractivity contribution in [3.63, 3.8) is 0 Å². The molecular formula is C18H25F6NO4. The second-order valence-corrected chi connectivity index (χ2v) is 7.53. The number of carbonyl (C=O) groups excluding carboxylic acids is 1. The molecular weight excluding hydrogens is 408 g/mol. The molecule has 5 nitrogen and oxygen atoms in total. The number of ether oxygens (including phenoxy) is 1. The van der Waals surface area contributed by atoms with E-state index in [1.807, 2.05) is 0 Å². The van der Waals surface area contributed by atoms with Crippen molar-refractivity contribution in [1.29, 1.82) is 5.26 Å². The molecule has 29 heavy (non-hydrogen) atoms. The van der Waals surface area contributed by atoms with Gasteiger partial charge in [0.05, 0.1) is 24.5 Å². The molecule has 0 bridgehead atoms. The molecule has 0 saturated heterocycles. The van der Waals surface area contributed by atoms with Crippen LogP contribution in [-0.4, -0.2) is 46.3 Å². The summed E-state index contributed by atoms with van der Waals surface area (Å²) in [6.07, 6.45) is -9.68. The molecule has 0 radical (unpaired) electrons. The van der Waals surface area contributed by atoms with Crippen molar-refractivity contribution in [2.45, 2.75) is 81.8 Å². The summed E-state index contributed by atoms with van der Waals surface area (Å²) in [6, 6.07) is 1.64. The van der Waals surface area contributed by atoms with E-state index in [9.17, 15) is 41.4 Å². The molecule has 2 aliphatic rings. The van der Waals surface area contributed by atoms with Crippen molar-refractivity contribution >= 4 is 5.97 Å². The normalized spacial score (nSPS) is 33.1. The topological polar surface area (TPSA) is 90.5 Å². The molecule has 0 aliphatic heterocycles. The third-order valence-electron chi connectivity index (χ3n) is 5.41. The van der Waals surface area contributed by atoms with Crippen LogP contribution in [0.3, 0.4) is 0 Å². The van der Waals surface area contributed by atoms with Crippen molar-refractivity contribution in [3.05, 3.63) is 0 Å². The third kappa shape index (κ3) is 7.33. The number of aliphatic hydroxyl groups is 2.